The molecule has 1 aromatic heterocycles. The number of carbonyl (C=O) groups is 1. The quantitative estimate of drug-likeness (QED) is 0.852. The summed E-state index contributed by atoms with van der Waals surface area (Å²) in [5, 5.41) is 11.9. The lowest BCUT2D eigenvalue weighted by atomic mass is 10.2. The van der Waals surface area contributed by atoms with Gasteiger partial charge in [-0.15, -0.1) is 23.1 Å². The summed E-state index contributed by atoms with van der Waals surface area (Å²) in [5.41, 5.74) is 0.672. The summed E-state index contributed by atoms with van der Waals surface area (Å²) in [7, 11) is 0. The first-order valence-corrected chi connectivity index (χ1v) is 7.55. The van der Waals surface area contributed by atoms with Gasteiger partial charge in [0.15, 0.2) is 0 Å². The minimum Gasteiger partial charge on any atom is -0.478 e. The average molecular weight is 297 g/mol. The molecule has 0 aliphatic rings. The van der Waals surface area contributed by atoms with E-state index in [1.54, 1.807) is 17.4 Å². The molecule has 0 saturated carbocycles. The maximum Gasteiger partial charge on any atom is 0.338 e. The van der Waals surface area contributed by atoms with Crippen LogP contribution in [0.4, 0.5) is 4.39 Å². The second-order valence-electron chi connectivity index (χ2n) is 3.82. The van der Waals surface area contributed by atoms with E-state index in [0.29, 0.717) is 5.75 Å². The fraction of sp³-hybridized carbons (Fsp3) is 0.231. The Morgan fingerprint density at radius 2 is 2.32 bits per heavy atom. The lowest BCUT2D eigenvalue weighted by Gasteiger charge is -2.02. The van der Waals surface area contributed by atoms with Crippen molar-refractivity contribution in [3.63, 3.8) is 0 Å². The van der Waals surface area contributed by atoms with Crippen molar-refractivity contribution in [2.75, 3.05) is 0 Å². The summed E-state index contributed by atoms with van der Waals surface area (Å²) in [4.78, 5) is 16.0. The van der Waals surface area contributed by atoms with Crippen molar-refractivity contribution in [3.8, 4) is 0 Å². The summed E-state index contributed by atoms with van der Waals surface area (Å²) in [5.74, 6) is -1.30. The van der Waals surface area contributed by atoms with Crippen molar-refractivity contribution in [1.82, 2.24) is 4.98 Å². The van der Waals surface area contributed by atoms with E-state index in [9.17, 15) is 9.18 Å². The normalized spacial score (nSPS) is 10.6. The van der Waals surface area contributed by atoms with Crippen LogP contribution in [0.25, 0.3) is 0 Å². The molecule has 0 atom stereocenters. The van der Waals surface area contributed by atoms with Crippen molar-refractivity contribution in [2.45, 2.75) is 24.0 Å². The number of hydrogen-bond acceptors (Lipinski definition) is 4. The number of aromatic nitrogens is 1. The van der Waals surface area contributed by atoms with Crippen LogP contribution in [-0.4, -0.2) is 16.1 Å². The van der Waals surface area contributed by atoms with Gasteiger partial charge in [0, 0.05) is 16.0 Å². The van der Waals surface area contributed by atoms with E-state index in [-0.39, 0.29) is 5.56 Å². The van der Waals surface area contributed by atoms with Crippen LogP contribution in [0.15, 0.2) is 28.5 Å². The predicted molar refractivity (Wildman–Crippen MR) is 74.4 cm³/mol. The maximum atomic E-state index is 13.2. The molecular weight excluding hydrogens is 285 g/mol. The monoisotopic (exact) mass is 297 g/mol. The van der Waals surface area contributed by atoms with Gasteiger partial charge in [-0.2, -0.15) is 0 Å². The van der Waals surface area contributed by atoms with E-state index in [1.807, 2.05) is 5.38 Å². The molecular formula is C13H12FNO2S2. The Morgan fingerprint density at radius 1 is 1.53 bits per heavy atom. The highest BCUT2D eigenvalue weighted by atomic mass is 32.2. The highest BCUT2D eigenvalue weighted by Crippen LogP contribution is 2.25. The van der Waals surface area contributed by atoms with E-state index in [1.165, 1.54) is 23.9 Å². The summed E-state index contributed by atoms with van der Waals surface area (Å²) in [6, 6.07) is 4.12. The highest BCUT2D eigenvalue weighted by Gasteiger charge is 2.11. The van der Waals surface area contributed by atoms with Crippen LogP contribution in [0.5, 0.6) is 0 Å². The molecule has 6 heteroatoms. The molecule has 1 N–H and O–H groups in total. The molecule has 3 nitrogen and oxygen atoms in total. The smallest absolute Gasteiger partial charge is 0.338 e. The SMILES string of the molecule is CCc1nc(CSc2ccc(F)c(C(=O)O)c2)cs1. The predicted octanol–water partition coefficient (Wildman–Crippen LogP) is 3.84. The number of thioether (sulfide) groups is 1. The highest BCUT2D eigenvalue weighted by molar-refractivity contribution is 7.98. The number of halogens is 1. The van der Waals surface area contributed by atoms with Gasteiger partial charge in [-0.05, 0) is 24.6 Å². The Hall–Kier alpha value is -1.40. The van der Waals surface area contributed by atoms with Gasteiger partial charge in [-0.25, -0.2) is 14.2 Å². The molecule has 0 radical (unpaired) electrons. The summed E-state index contributed by atoms with van der Waals surface area (Å²) in [6.45, 7) is 2.05. The molecule has 1 heterocycles. The number of carboxylic acids is 1. The average Bonchev–Trinajstić information content (AvgIpc) is 2.85. The van der Waals surface area contributed by atoms with Crippen LogP contribution in [0.1, 0.15) is 28.0 Å². The second-order valence-corrected chi connectivity index (χ2v) is 5.81. The van der Waals surface area contributed by atoms with Gasteiger partial charge in [0.2, 0.25) is 0 Å². The third kappa shape index (κ3) is 3.54. The number of aryl methyl sites for hydroxylation is 1. The topological polar surface area (TPSA) is 50.2 Å². The molecule has 0 saturated heterocycles. The van der Waals surface area contributed by atoms with Crippen LogP contribution < -0.4 is 0 Å². The molecule has 1 aromatic carbocycles. The van der Waals surface area contributed by atoms with Crippen LogP contribution in [-0.2, 0) is 12.2 Å². The van der Waals surface area contributed by atoms with Crippen molar-refractivity contribution in [2.24, 2.45) is 0 Å². The second kappa shape index (κ2) is 6.16. The van der Waals surface area contributed by atoms with Gasteiger partial charge in [0.1, 0.15) is 5.82 Å². The number of nitrogens with zero attached hydrogens (tertiary/aromatic N) is 1. The van der Waals surface area contributed by atoms with Crippen LogP contribution in [0, 0.1) is 5.82 Å². The standard InChI is InChI=1S/C13H12FNO2S2/c1-2-12-15-8(7-19-12)6-18-9-3-4-11(14)10(5-9)13(16)17/h3-5,7H,2,6H2,1H3,(H,16,17). The lowest BCUT2D eigenvalue weighted by Crippen LogP contribution is -2.00. The van der Waals surface area contributed by atoms with Crippen LogP contribution in [0.2, 0.25) is 0 Å². The van der Waals surface area contributed by atoms with Crippen molar-refractivity contribution in [3.05, 3.63) is 45.7 Å². The number of carboxylic acid groups (broad SMARTS) is 1. The molecule has 0 amide bonds. The molecule has 2 aromatic rings. The Bertz CT molecular complexity index is 598. The largest absolute Gasteiger partial charge is 0.478 e. The first-order valence-electron chi connectivity index (χ1n) is 5.69. The molecule has 100 valence electrons. The molecule has 0 bridgehead atoms. The minimum absolute atomic E-state index is 0.294. The number of rotatable bonds is 5. The Balaban J connectivity index is 2.07. The van der Waals surface area contributed by atoms with Gasteiger partial charge in [-0.3, -0.25) is 0 Å². The summed E-state index contributed by atoms with van der Waals surface area (Å²) in [6.07, 6.45) is 0.912. The van der Waals surface area contributed by atoms with E-state index >= 15 is 0 Å². The van der Waals surface area contributed by atoms with Crippen molar-refractivity contribution < 1.29 is 14.3 Å². The minimum atomic E-state index is -1.25. The Kier molecular flexibility index (Phi) is 4.55. The van der Waals surface area contributed by atoms with Crippen LogP contribution in [0.3, 0.4) is 0 Å². The van der Waals surface area contributed by atoms with Crippen molar-refractivity contribution >= 4 is 29.1 Å². The third-order valence-corrected chi connectivity index (χ3v) is 4.53. The molecule has 19 heavy (non-hydrogen) atoms. The van der Waals surface area contributed by atoms with Gasteiger partial charge < -0.3 is 5.11 Å². The number of benzene rings is 1. The fourth-order valence-electron chi connectivity index (χ4n) is 1.49. The molecule has 2 rings (SSSR count). The van der Waals surface area contributed by atoms with Crippen molar-refractivity contribution in [1.29, 1.82) is 0 Å². The fourth-order valence-corrected chi connectivity index (χ4v) is 3.17. The molecule has 0 aliphatic heterocycles. The molecule has 0 aliphatic carbocycles. The Labute approximate surface area is 118 Å². The number of thiazole rings is 1. The number of aromatic carboxylic acids is 1. The summed E-state index contributed by atoms with van der Waals surface area (Å²) >= 11 is 3.07. The van der Waals surface area contributed by atoms with Gasteiger partial charge in [0.25, 0.3) is 0 Å². The van der Waals surface area contributed by atoms with Crippen LogP contribution >= 0.6 is 23.1 Å². The Morgan fingerprint density at radius 3 is 2.95 bits per heavy atom. The van der Waals surface area contributed by atoms with Gasteiger partial charge in [0.05, 0.1) is 16.3 Å². The van der Waals surface area contributed by atoms with Gasteiger partial charge >= 0.3 is 5.97 Å². The zero-order valence-corrected chi connectivity index (χ0v) is 11.9. The van der Waals surface area contributed by atoms with E-state index in [0.717, 1.165) is 22.0 Å². The third-order valence-electron chi connectivity index (χ3n) is 2.46. The zero-order chi connectivity index (χ0) is 13.8. The first kappa shape index (κ1) is 14.0. The zero-order valence-electron chi connectivity index (χ0n) is 10.2. The van der Waals surface area contributed by atoms with E-state index in [2.05, 4.69) is 11.9 Å². The van der Waals surface area contributed by atoms with E-state index in [4.69, 9.17) is 5.11 Å². The number of hydrogen-bond donors (Lipinski definition) is 1. The maximum absolute atomic E-state index is 13.2. The first-order chi connectivity index (χ1) is 9.10. The molecule has 0 fully saturated rings. The molecule has 0 spiro atoms. The van der Waals surface area contributed by atoms with Gasteiger partial charge in [-0.1, -0.05) is 6.92 Å². The summed E-state index contributed by atoms with van der Waals surface area (Å²) < 4.78 is 13.2. The van der Waals surface area contributed by atoms with E-state index < -0.39 is 11.8 Å². The molecule has 0 unspecified atom stereocenters. The lowest BCUT2D eigenvalue weighted by molar-refractivity contribution is 0.0691.